The Hall–Kier alpha value is -3.07. The fourth-order valence-electron chi connectivity index (χ4n) is 7.71. The van der Waals surface area contributed by atoms with E-state index in [9.17, 15) is 0 Å². The van der Waals surface area contributed by atoms with Crippen molar-refractivity contribution < 1.29 is 118 Å². The van der Waals surface area contributed by atoms with Crippen LogP contribution in [0.3, 0.4) is 0 Å². The van der Waals surface area contributed by atoms with Crippen LogP contribution in [0.5, 0.6) is 5.75 Å². The number of rotatable bonds is 77. The van der Waals surface area contributed by atoms with Gasteiger partial charge >= 0.3 is 0 Å². The van der Waals surface area contributed by atoms with Crippen LogP contribution in [0, 0.1) is 0 Å². The highest BCUT2D eigenvalue weighted by Gasteiger charge is 2.16. The summed E-state index contributed by atoms with van der Waals surface area (Å²) in [5.74, 6) is 0.827. The van der Waals surface area contributed by atoms with Gasteiger partial charge in [0.15, 0.2) is 0 Å². The van der Waals surface area contributed by atoms with Crippen molar-refractivity contribution in [2.75, 3.05) is 324 Å². The van der Waals surface area contributed by atoms with Crippen LogP contribution in [0.15, 0.2) is 84.9 Å². The first-order valence-corrected chi connectivity index (χ1v) is 34.7. The van der Waals surface area contributed by atoms with E-state index in [1.165, 1.54) is 15.9 Å². The van der Waals surface area contributed by atoms with Gasteiger partial charge in [0.25, 0.3) is 0 Å². The number of benzene rings is 3. The summed E-state index contributed by atoms with van der Waals surface area (Å²) >= 11 is 0. The SMILES string of the molecule is CCOCCOCCOCCOCCOCCOCCOCCOCCOCCOCCOCCOCCOCCOCCOCCOCCOCCOCCOCCOCCOCCOCCOCCOCCOc1ccc(P(c2ccccc2)c2ccccc2)cc1. The number of hydrogen-bond donors (Lipinski definition) is 0. The Labute approximate surface area is 561 Å². The molecule has 0 atom stereocenters. The van der Waals surface area contributed by atoms with Gasteiger partial charge in [-0.2, -0.15) is 0 Å². The Morgan fingerprint density at radius 2 is 0.319 bits per heavy atom. The molecular weight excluding hydrogens is 1250 g/mol. The molecule has 3 aromatic rings. The highest BCUT2D eigenvalue weighted by molar-refractivity contribution is 7.79. The lowest BCUT2D eigenvalue weighted by Gasteiger charge is -2.19. The van der Waals surface area contributed by atoms with Gasteiger partial charge in [0.2, 0.25) is 0 Å². The zero-order chi connectivity index (χ0) is 66.1. The maximum Gasteiger partial charge on any atom is 0.119 e. The summed E-state index contributed by atoms with van der Waals surface area (Å²) < 4.78 is 138. The van der Waals surface area contributed by atoms with Crippen LogP contribution >= 0.6 is 7.92 Å². The van der Waals surface area contributed by atoms with Crippen LogP contribution in [-0.2, 0) is 114 Å². The minimum absolute atomic E-state index is 0.468. The van der Waals surface area contributed by atoms with Crippen molar-refractivity contribution in [2.24, 2.45) is 0 Å². The van der Waals surface area contributed by atoms with Crippen molar-refractivity contribution in [1.82, 2.24) is 0 Å². The van der Waals surface area contributed by atoms with Crippen LogP contribution in [0.4, 0.5) is 0 Å². The average Bonchev–Trinajstić information content (AvgIpc) is 0.894. The van der Waals surface area contributed by atoms with Gasteiger partial charge in [-0.25, -0.2) is 0 Å². The molecule has 0 aliphatic heterocycles. The van der Waals surface area contributed by atoms with Gasteiger partial charge in [-0.05, 0) is 42.9 Å². The molecule has 0 unspecified atom stereocenters. The quantitative estimate of drug-likeness (QED) is 0.0568. The third-order valence-corrected chi connectivity index (χ3v) is 14.8. The molecule has 0 aromatic heterocycles. The zero-order valence-electron chi connectivity index (χ0n) is 56.4. The Bertz CT molecular complexity index is 1890. The smallest absolute Gasteiger partial charge is 0.119 e. The van der Waals surface area contributed by atoms with Gasteiger partial charge in [-0.15, -0.1) is 0 Å². The summed E-state index contributed by atoms with van der Waals surface area (Å²) in [6, 6.07) is 29.7. The zero-order valence-corrected chi connectivity index (χ0v) is 57.3. The second-order valence-electron chi connectivity index (χ2n) is 19.6. The van der Waals surface area contributed by atoms with E-state index in [4.69, 9.17) is 118 Å². The highest BCUT2D eigenvalue weighted by Crippen LogP contribution is 2.33. The van der Waals surface area contributed by atoms with Gasteiger partial charge in [-0.3, -0.25) is 0 Å². The molecule has 0 fully saturated rings. The maximum atomic E-state index is 5.92. The van der Waals surface area contributed by atoms with Gasteiger partial charge in [0.1, 0.15) is 12.4 Å². The van der Waals surface area contributed by atoms with Crippen LogP contribution in [0.25, 0.3) is 0 Å². The highest BCUT2D eigenvalue weighted by atomic mass is 31.1. The molecular formula is C68H115O25P. The molecule has 0 aliphatic rings. The third kappa shape index (κ3) is 56.9. The Morgan fingerprint density at radius 1 is 0.170 bits per heavy atom. The van der Waals surface area contributed by atoms with E-state index in [0.717, 1.165) is 5.75 Å². The van der Waals surface area contributed by atoms with E-state index in [-0.39, 0.29) is 0 Å². The summed E-state index contributed by atoms with van der Waals surface area (Å²) in [5, 5.41) is 3.92. The molecule has 0 spiro atoms. The monoisotopic (exact) mass is 1360 g/mol. The summed E-state index contributed by atoms with van der Waals surface area (Å²) in [7, 11) is -0.640. The Kier molecular flexibility index (Phi) is 64.5. The predicted octanol–water partition coefficient (Wildman–Crippen LogP) is 4.24. The average molecular weight is 1360 g/mol. The fourth-order valence-corrected chi connectivity index (χ4v) is 10.00. The fraction of sp³-hybridized carbons (Fsp3) is 0.735. The normalized spacial score (nSPS) is 11.7. The molecule has 542 valence electrons. The molecule has 25 nitrogen and oxygen atoms in total. The van der Waals surface area contributed by atoms with E-state index >= 15 is 0 Å². The molecule has 3 aromatic carbocycles. The summed E-state index contributed by atoms with van der Waals surface area (Å²) in [6.07, 6.45) is 0. The van der Waals surface area contributed by atoms with Crippen LogP contribution in [0.2, 0.25) is 0 Å². The molecule has 0 N–H and O–H groups in total. The lowest BCUT2D eigenvalue weighted by Crippen LogP contribution is -2.20. The standard InChI is InChI=1S/C68H115O25P/c1-2-69-17-18-70-19-20-71-21-22-72-23-24-73-25-26-74-27-28-75-29-30-76-31-32-77-33-34-78-35-36-79-37-38-80-39-40-81-41-42-82-43-44-83-45-46-84-47-48-85-49-50-86-51-52-87-53-54-88-55-56-89-57-58-90-59-60-91-61-62-92-63-64-93-65-13-15-68(16-14-65)94(66-9-5-3-6-10-66)67-11-7-4-8-12-67/h3-16H,2,17-64H2,1H3. The first-order valence-electron chi connectivity index (χ1n) is 33.4. The van der Waals surface area contributed by atoms with Crippen LogP contribution in [0.1, 0.15) is 6.92 Å². The Morgan fingerprint density at radius 3 is 0.489 bits per heavy atom. The molecule has 26 heteroatoms. The van der Waals surface area contributed by atoms with Gasteiger partial charge in [-0.1, -0.05) is 72.8 Å². The summed E-state index contributed by atoms with van der Waals surface area (Å²) in [5.41, 5.74) is 0. The van der Waals surface area contributed by atoms with Gasteiger partial charge in [0.05, 0.1) is 311 Å². The number of hydrogen-bond acceptors (Lipinski definition) is 25. The van der Waals surface area contributed by atoms with E-state index in [1.807, 2.05) is 19.1 Å². The predicted molar refractivity (Wildman–Crippen MR) is 356 cm³/mol. The van der Waals surface area contributed by atoms with Crippen LogP contribution < -0.4 is 20.7 Å². The van der Waals surface area contributed by atoms with Gasteiger partial charge in [0, 0.05) is 6.61 Å². The first kappa shape index (κ1) is 85.2. The Balaban J connectivity index is 0.864. The second-order valence-corrected chi connectivity index (χ2v) is 21.9. The largest absolute Gasteiger partial charge is 0.491 e. The molecule has 0 amide bonds. The molecule has 94 heavy (non-hydrogen) atoms. The van der Waals surface area contributed by atoms with E-state index in [1.54, 1.807) is 0 Å². The molecule has 0 saturated carbocycles. The van der Waals surface area contributed by atoms with Gasteiger partial charge < -0.3 is 118 Å². The van der Waals surface area contributed by atoms with Crippen molar-refractivity contribution in [3.8, 4) is 5.75 Å². The minimum atomic E-state index is -0.640. The van der Waals surface area contributed by atoms with Crippen molar-refractivity contribution in [3.05, 3.63) is 84.9 Å². The van der Waals surface area contributed by atoms with Crippen molar-refractivity contribution in [3.63, 3.8) is 0 Å². The molecule has 3 rings (SSSR count). The number of ether oxygens (including phenoxy) is 25. The molecule has 0 saturated heterocycles. The molecule has 0 bridgehead atoms. The van der Waals surface area contributed by atoms with E-state index in [0.29, 0.717) is 324 Å². The lowest BCUT2D eigenvalue weighted by atomic mass is 10.3. The van der Waals surface area contributed by atoms with Crippen molar-refractivity contribution >= 4 is 23.8 Å². The second kappa shape index (κ2) is 71.2. The first-order chi connectivity index (χ1) is 46.9. The lowest BCUT2D eigenvalue weighted by molar-refractivity contribution is -0.0320. The van der Waals surface area contributed by atoms with E-state index < -0.39 is 7.92 Å². The van der Waals surface area contributed by atoms with E-state index in [2.05, 4.69) is 72.8 Å². The minimum Gasteiger partial charge on any atom is -0.491 e. The summed E-state index contributed by atoms with van der Waals surface area (Å²) in [6.45, 7) is 26.5. The molecule has 0 radical (unpaired) electrons. The van der Waals surface area contributed by atoms with Crippen molar-refractivity contribution in [2.45, 2.75) is 6.92 Å². The molecule has 0 aliphatic carbocycles. The topological polar surface area (TPSA) is 231 Å². The molecule has 0 heterocycles. The van der Waals surface area contributed by atoms with Crippen molar-refractivity contribution in [1.29, 1.82) is 0 Å². The third-order valence-electron chi connectivity index (χ3n) is 12.4. The maximum absolute atomic E-state index is 5.92. The summed E-state index contributed by atoms with van der Waals surface area (Å²) in [4.78, 5) is 0. The van der Waals surface area contributed by atoms with Crippen LogP contribution in [-0.4, -0.2) is 324 Å².